The molecule has 2 nitrogen and oxygen atoms in total. The molecule has 0 aliphatic rings. The van der Waals surface area contributed by atoms with Crippen molar-refractivity contribution in [1.82, 2.24) is 0 Å². The van der Waals surface area contributed by atoms with Gasteiger partial charge in [0.05, 0.1) is 5.56 Å². The first-order chi connectivity index (χ1) is 9.56. The Labute approximate surface area is 117 Å². The lowest BCUT2D eigenvalue weighted by Gasteiger charge is -2.12. The van der Waals surface area contributed by atoms with Gasteiger partial charge in [-0.05, 0) is 52.9 Å². The fraction of sp³-hybridized carbons (Fsp3) is 0.118. The molecule has 0 aliphatic heterocycles. The van der Waals surface area contributed by atoms with Gasteiger partial charge in [-0.2, -0.15) is 0 Å². The minimum absolute atomic E-state index is 0.193. The van der Waals surface area contributed by atoms with Crippen LogP contribution >= 0.6 is 0 Å². The van der Waals surface area contributed by atoms with Gasteiger partial charge in [0.2, 0.25) is 0 Å². The van der Waals surface area contributed by atoms with E-state index < -0.39 is 5.97 Å². The first-order valence-corrected chi connectivity index (χ1v) is 6.35. The molecule has 0 aromatic heterocycles. The van der Waals surface area contributed by atoms with Crippen molar-refractivity contribution in [3.8, 4) is 11.1 Å². The normalized spacial score (nSPS) is 10.3. The molecule has 0 atom stereocenters. The molecule has 0 bridgehead atoms. The summed E-state index contributed by atoms with van der Waals surface area (Å²) in [5.74, 6) is -1.30. The van der Waals surface area contributed by atoms with E-state index in [2.05, 4.69) is 6.58 Å². The second-order valence-corrected chi connectivity index (χ2v) is 4.47. The van der Waals surface area contributed by atoms with E-state index in [1.807, 2.05) is 6.92 Å². The summed E-state index contributed by atoms with van der Waals surface area (Å²) in [6.45, 7) is 5.70. The minimum atomic E-state index is -0.991. The molecule has 102 valence electrons. The largest absolute Gasteiger partial charge is 0.478 e. The van der Waals surface area contributed by atoms with Crippen molar-refractivity contribution in [2.45, 2.75) is 13.3 Å². The van der Waals surface area contributed by atoms with Crippen LogP contribution in [0.1, 0.15) is 28.4 Å². The Kier molecular flexibility index (Phi) is 3.99. The van der Waals surface area contributed by atoms with Crippen LogP contribution in [0.5, 0.6) is 0 Å². The molecule has 0 saturated heterocycles. The van der Waals surface area contributed by atoms with Crippen molar-refractivity contribution in [2.24, 2.45) is 0 Å². The maximum atomic E-state index is 13.5. The Hall–Kier alpha value is -2.42. The first-order valence-electron chi connectivity index (χ1n) is 6.35. The Bertz CT molecular complexity index is 675. The second-order valence-electron chi connectivity index (χ2n) is 4.47. The van der Waals surface area contributed by atoms with Crippen LogP contribution in [0.2, 0.25) is 0 Å². The number of benzene rings is 2. The average molecular weight is 270 g/mol. The lowest BCUT2D eigenvalue weighted by Crippen LogP contribution is -1.98. The zero-order chi connectivity index (χ0) is 14.7. The van der Waals surface area contributed by atoms with E-state index in [9.17, 15) is 9.18 Å². The van der Waals surface area contributed by atoms with E-state index in [1.54, 1.807) is 24.3 Å². The van der Waals surface area contributed by atoms with Gasteiger partial charge in [0.25, 0.3) is 0 Å². The summed E-state index contributed by atoms with van der Waals surface area (Å²) < 4.78 is 13.5. The van der Waals surface area contributed by atoms with E-state index in [1.165, 1.54) is 18.2 Å². The Morgan fingerprint density at radius 2 is 2.00 bits per heavy atom. The average Bonchev–Trinajstić information content (AvgIpc) is 2.46. The van der Waals surface area contributed by atoms with Gasteiger partial charge < -0.3 is 5.11 Å². The number of carboxylic acid groups (broad SMARTS) is 1. The van der Waals surface area contributed by atoms with Crippen LogP contribution < -0.4 is 0 Å². The maximum Gasteiger partial charge on any atom is 0.335 e. The minimum Gasteiger partial charge on any atom is -0.478 e. The monoisotopic (exact) mass is 270 g/mol. The Morgan fingerprint density at radius 1 is 1.25 bits per heavy atom. The third kappa shape index (κ3) is 2.62. The van der Waals surface area contributed by atoms with E-state index in [0.29, 0.717) is 5.56 Å². The molecule has 1 N–H and O–H groups in total. The number of halogens is 1. The van der Waals surface area contributed by atoms with Crippen LogP contribution in [-0.4, -0.2) is 11.1 Å². The van der Waals surface area contributed by atoms with Gasteiger partial charge in [0.15, 0.2) is 0 Å². The smallest absolute Gasteiger partial charge is 0.335 e. The maximum absolute atomic E-state index is 13.5. The molecular weight excluding hydrogens is 255 g/mol. The van der Waals surface area contributed by atoms with Crippen LogP contribution in [0.3, 0.4) is 0 Å². The van der Waals surface area contributed by atoms with Crippen molar-refractivity contribution < 1.29 is 14.3 Å². The van der Waals surface area contributed by atoms with E-state index in [4.69, 9.17) is 5.11 Å². The summed E-state index contributed by atoms with van der Waals surface area (Å²) in [5.41, 5.74) is 3.46. The molecule has 0 radical (unpaired) electrons. The van der Waals surface area contributed by atoms with Crippen molar-refractivity contribution in [1.29, 1.82) is 0 Å². The molecule has 2 aromatic carbocycles. The van der Waals surface area contributed by atoms with E-state index >= 15 is 0 Å². The number of aryl methyl sites for hydroxylation is 1. The fourth-order valence-corrected chi connectivity index (χ4v) is 2.22. The highest BCUT2D eigenvalue weighted by molar-refractivity contribution is 5.90. The van der Waals surface area contributed by atoms with Gasteiger partial charge in [0, 0.05) is 0 Å². The lowest BCUT2D eigenvalue weighted by atomic mass is 9.93. The Balaban J connectivity index is 2.66. The van der Waals surface area contributed by atoms with Gasteiger partial charge in [-0.15, -0.1) is 0 Å². The predicted octanol–water partition coefficient (Wildman–Crippen LogP) is 4.40. The zero-order valence-corrected chi connectivity index (χ0v) is 11.2. The second kappa shape index (κ2) is 5.70. The van der Waals surface area contributed by atoms with Gasteiger partial charge >= 0.3 is 5.97 Å². The number of carboxylic acids is 1. The van der Waals surface area contributed by atoms with Gasteiger partial charge in [-0.25, -0.2) is 9.18 Å². The fourth-order valence-electron chi connectivity index (χ4n) is 2.22. The Morgan fingerprint density at radius 3 is 2.60 bits per heavy atom. The van der Waals surface area contributed by atoms with Crippen LogP contribution in [-0.2, 0) is 6.42 Å². The highest BCUT2D eigenvalue weighted by Gasteiger charge is 2.11. The molecule has 2 rings (SSSR count). The molecule has 0 unspecified atom stereocenters. The first kappa shape index (κ1) is 14.0. The van der Waals surface area contributed by atoms with Crippen LogP contribution in [0, 0.1) is 5.82 Å². The molecule has 0 amide bonds. The van der Waals surface area contributed by atoms with Crippen molar-refractivity contribution >= 4 is 12.0 Å². The molecule has 3 heteroatoms. The van der Waals surface area contributed by atoms with Crippen LogP contribution in [0.15, 0.2) is 43.0 Å². The van der Waals surface area contributed by atoms with E-state index in [0.717, 1.165) is 23.1 Å². The van der Waals surface area contributed by atoms with Gasteiger partial charge in [-0.1, -0.05) is 31.7 Å². The third-order valence-electron chi connectivity index (χ3n) is 3.26. The molecule has 0 heterocycles. The molecule has 20 heavy (non-hydrogen) atoms. The van der Waals surface area contributed by atoms with E-state index in [-0.39, 0.29) is 11.4 Å². The summed E-state index contributed by atoms with van der Waals surface area (Å²) in [7, 11) is 0. The standard InChI is InChI=1S/C17H15FO2/c1-3-11-5-7-14(18)10-16(11)15-8-6-13(17(19)20)9-12(15)4-2/h4-10H,2-3H2,1H3,(H,19,20). The summed E-state index contributed by atoms with van der Waals surface area (Å²) >= 11 is 0. The third-order valence-corrected chi connectivity index (χ3v) is 3.26. The quantitative estimate of drug-likeness (QED) is 0.894. The zero-order valence-electron chi connectivity index (χ0n) is 11.2. The number of hydrogen-bond acceptors (Lipinski definition) is 1. The highest BCUT2D eigenvalue weighted by atomic mass is 19.1. The van der Waals surface area contributed by atoms with Crippen LogP contribution in [0.25, 0.3) is 17.2 Å². The molecule has 0 spiro atoms. The summed E-state index contributed by atoms with van der Waals surface area (Å²) in [6.07, 6.45) is 2.36. The number of rotatable bonds is 4. The molecule has 0 aliphatic carbocycles. The van der Waals surface area contributed by atoms with Crippen molar-refractivity contribution in [3.05, 3.63) is 65.5 Å². The summed E-state index contributed by atoms with van der Waals surface area (Å²) in [6, 6.07) is 9.43. The SMILES string of the molecule is C=Cc1cc(C(=O)O)ccc1-c1cc(F)ccc1CC. The summed E-state index contributed by atoms with van der Waals surface area (Å²) in [5, 5.41) is 9.02. The topological polar surface area (TPSA) is 37.3 Å². The highest BCUT2D eigenvalue weighted by Crippen LogP contribution is 2.30. The molecule has 2 aromatic rings. The van der Waals surface area contributed by atoms with Gasteiger partial charge in [0.1, 0.15) is 5.82 Å². The molecule has 0 fully saturated rings. The molecular formula is C17H15FO2. The number of hydrogen-bond donors (Lipinski definition) is 1. The van der Waals surface area contributed by atoms with Crippen molar-refractivity contribution in [2.75, 3.05) is 0 Å². The molecule has 0 saturated carbocycles. The predicted molar refractivity (Wildman–Crippen MR) is 78.3 cm³/mol. The van der Waals surface area contributed by atoms with Crippen LogP contribution in [0.4, 0.5) is 4.39 Å². The van der Waals surface area contributed by atoms with Gasteiger partial charge in [-0.3, -0.25) is 0 Å². The van der Waals surface area contributed by atoms with Crippen molar-refractivity contribution in [3.63, 3.8) is 0 Å². The summed E-state index contributed by atoms with van der Waals surface area (Å²) in [4.78, 5) is 11.0. The number of carbonyl (C=O) groups is 1. The number of aromatic carboxylic acids is 1. The lowest BCUT2D eigenvalue weighted by molar-refractivity contribution is 0.0697.